The largest absolute Gasteiger partial charge is 0.418 e. The first-order valence-corrected chi connectivity index (χ1v) is 8.25. The van der Waals surface area contributed by atoms with Crippen molar-refractivity contribution in [2.45, 2.75) is 12.7 Å². The van der Waals surface area contributed by atoms with Crippen molar-refractivity contribution in [2.75, 3.05) is 16.4 Å². The number of hydrogen-bond acceptors (Lipinski definition) is 5. The van der Waals surface area contributed by atoms with Crippen LogP contribution in [0.5, 0.6) is 0 Å². The fraction of sp³-hybridized carbons (Fsp3) is 0.111. The monoisotopic (exact) mass is 393 g/mol. The zero-order chi connectivity index (χ0) is 19.4. The fourth-order valence-corrected chi connectivity index (χ4v) is 2.63. The van der Waals surface area contributed by atoms with Crippen LogP contribution in [-0.4, -0.2) is 9.97 Å². The number of alkyl halides is 3. The van der Waals surface area contributed by atoms with E-state index >= 15 is 0 Å². The predicted octanol–water partition coefficient (Wildman–Crippen LogP) is 5.09. The average molecular weight is 394 g/mol. The molecule has 0 saturated carbocycles. The van der Waals surface area contributed by atoms with E-state index in [1.807, 2.05) is 18.2 Å². The Labute approximate surface area is 158 Å². The normalized spacial score (nSPS) is 11.3. The minimum atomic E-state index is -4.50. The molecule has 0 saturated heterocycles. The minimum absolute atomic E-state index is 0.0726. The smallest absolute Gasteiger partial charge is 0.393 e. The number of hydrogen-bond donors (Lipinski definition) is 3. The molecule has 2 aromatic carbocycles. The topological polar surface area (TPSA) is 75.9 Å². The fourth-order valence-electron chi connectivity index (χ4n) is 2.42. The van der Waals surface area contributed by atoms with E-state index in [4.69, 9.17) is 17.3 Å². The van der Waals surface area contributed by atoms with E-state index in [-0.39, 0.29) is 23.0 Å². The summed E-state index contributed by atoms with van der Waals surface area (Å²) >= 11 is 6.11. The number of nitrogen functional groups attached to an aromatic ring is 1. The number of anilines is 4. The van der Waals surface area contributed by atoms with Gasteiger partial charge in [0, 0.05) is 11.6 Å². The van der Waals surface area contributed by atoms with Crippen molar-refractivity contribution in [3.05, 3.63) is 71.0 Å². The Hall–Kier alpha value is -3.00. The number of nitrogens with zero attached hydrogens (tertiary/aromatic N) is 2. The van der Waals surface area contributed by atoms with Crippen LogP contribution in [0.1, 0.15) is 11.1 Å². The van der Waals surface area contributed by atoms with Gasteiger partial charge < -0.3 is 16.4 Å². The van der Waals surface area contributed by atoms with Crippen molar-refractivity contribution >= 4 is 34.6 Å². The number of benzene rings is 2. The summed E-state index contributed by atoms with van der Waals surface area (Å²) in [6, 6.07) is 12.3. The molecule has 0 aliphatic heterocycles. The molecule has 0 amide bonds. The van der Waals surface area contributed by atoms with Gasteiger partial charge in [0.15, 0.2) is 11.6 Å². The van der Waals surface area contributed by atoms with Crippen molar-refractivity contribution in [1.29, 1.82) is 0 Å². The lowest BCUT2D eigenvalue weighted by Gasteiger charge is -2.16. The molecule has 1 heterocycles. The second-order valence-electron chi connectivity index (χ2n) is 5.60. The van der Waals surface area contributed by atoms with Crippen LogP contribution in [0.25, 0.3) is 0 Å². The summed E-state index contributed by atoms with van der Waals surface area (Å²) in [4.78, 5) is 7.99. The van der Waals surface area contributed by atoms with Gasteiger partial charge in [-0.05, 0) is 23.8 Å². The summed E-state index contributed by atoms with van der Waals surface area (Å²) in [5.41, 5.74) is 6.00. The van der Waals surface area contributed by atoms with Crippen LogP contribution >= 0.6 is 11.6 Å². The maximum absolute atomic E-state index is 13.1. The van der Waals surface area contributed by atoms with Gasteiger partial charge in [-0.1, -0.05) is 41.9 Å². The molecule has 0 radical (unpaired) electrons. The highest BCUT2D eigenvalue weighted by Crippen LogP contribution is 2.36. The Kier molecular flexibility index (Phi) is 5.36. The Bertz CT molecular complexity index is 946. The first-order valence-electron chi connectivity index (χ1n) is 7.87. The third-order valence-corrected chi connectivity index (χ3v) is 4.14. The molecule has 140 valence electrons. The van der Waals surface area contributed by atoms with Crippen molar-refractivity contribution in [3.63, 3.8) is 0 Å². The van der Waals surface area contributed by atoms with E-state index in [2.05, 4.69) is 20.6 Å². The van der Waals surface area contributed by atoms with E-state index in [0.29, 0.717) is 11.6 Å². The molecular weight excluding hydrogens is 379 g/mol. The molecule has 0 fully saturated rings. The predicted molar refractivity (Wildman–Crippen MR) is 99.9 cm³/mol. The molecule has 0 bridgehead atoms. The van der Waals surface area contributed by atoms with Crippen LogP contribution in [-0.2, 0) is 12.7 Å². The molecule has 27 heavy (non-hydrogen) atoms. The van der Waals surface area contributed by atoms with E-state index in [9.17, 15) is 13.2 Å². The van der Waals surface area contributed by atoms with Gasteiger partial charge in [0.25, 0.3) is 0 Å². The maximum Gasteiger partial charge on any atom is 0.418 e. The number of halogens is 4. The molecule has 9 heteroatoms. The van der Waals surface area contributed by atoms with Gasteiger partial charge in [-0.15, -0.1) is 0 Å². The highest BCUT2D eigenvalue weighted by Gasteiger charge is 2.33. The third kappa shape index (κ3) is 4.40. The van der Waals surface area contributed by atoms with Gasteiger partial charge >= 0.3 is 6.18 Å². The Morgan fingerprint density at radius 1 is 0.963 bits per heavy atom. The zero-order valence-electron chi connectivity index (χ0n) is 13.9. The molecule has 3 aromatic rings. The Balaban J connectivity index is 1.83. The minimum Gasteiger partial charge on any atom is -0.393 e. The number of para-hydroxylation sites is 1. The van der Waals surface area contributed by atoms with Crippen molar-refractivity contribution in [2.24, 2.45) is 0 Å². The SMILES string of the molecule is Nc1c(NCc2ccccc2Cl)ncnc1Nc1ccccc1C(F)(F)F. The van der Waals surface area contributed by atoms with Crippen LogP contribution in [0.15, 0.2) is 54.9 Å². The lowest BCUT2D eigenvalue weighted by Crippen LogP contribution is -2.11. The molecular formula is C18H15ClF3N5. The highest BCUT2D eigenvalue weighted by molar-refractivity contribution is 6.31. The number of nitrogens with one attached hydrogen (secondary N) is 2. The Morgan fingerprint density at radius 3 is 2.37 bits per heavy atom. The molecule has 0 unspecified atom stereocenters. The average Bonchev–Trinajstić information content (AvgIpc) is 2.63. The van der Waals surface area contributed by atoms with E-state index in [1.54, 1.807) is 6.07 Å². The van der Waals surface area contributed by atoms with E-state index in [1.165, 1.54) is 24.5 Å². The zero-order valence-corrected chi connectivity index (χ0v) is 14.6. The van der Waals surface area contributed by atoms with Crippen LogP contribution in [0.4, 0.5) is 36.2 Å². The second-order valence-corrected chi connectivity index (χ2v) is 6.01. The van der Waals surface area contributed by atoms with Crippen LogP contribution in [0.3, 0.4) is 0 Å². The first kappa shape index (κ1) is 18.8. The lowest BCUT2D eigenvalue weighted by molar-refractivity contribution is -0.136. The molecule has 1 aromatic heterocycles. The molecule has 4 N–H and O–H groups in total. The third-order valence-electron chi connectivity index (χ3n) is 3.77. The van der Waals surface area contributed by atoms with Crippen LogP contribution < -0.4 is 16.4 Å². The molecule has 3 rings (SSSR count). The number of nitrogens with two attached hydrogens (primary N) is 1. The summed E-state index contributed by atoms with van der Waals surface area (Å²) in [5, 5.41) is 6.23. The van der Waals surface area contributed by atoms with Crippen LogP contribution in [0, 0.1) is 0 Å². The van der Waals surface area contributed by atoms with Gasteiger partial charge in [0.1, 0.15) is 12.0 Å². The summed E-state index contributed by atoms with van der Waals surface area (Å²) in [5.74, 6) is 0.361. The van der Waals surface area contributed by atoms with Gasteiger partial charge in [-0.3, -0.25) is 0 Å². The van der Waals surface area contributed by atoms with Gasteiger partial charge in [-0.2, -0.15) is 13.2 Å². The van der Waals surface area contributed by atoms with E-state index in [0.717, 1.165) is 11.6 Å². The van der Waals surface area contributed by atoms with Gasteiger partial charge in [0.05, 0.1) is 11.3 Å². The molecule has 0 atom stereocenters. The van der Waals surface area contributed by atoms with Crippen molar-refractivity contribution in [3.8, 4) is 0 Å². The lowest BCUT2D eigenvalue weighted by atomic mass is 10.1. The van der Waals surface area contributed by atoms with Gasteiger partial charge in [0.2, 0.25) is 0 Å². The highest BCUT2D eigenvalue weighted by atomic mass is 35.5. The summed E-state index contributed by atoms with van der Waals surface area (Å²) in [7, 11) is 0. The summed E-state index contributed by atoms with van der Waals surface area (Å²) < 4.78 is 39.4. The first-order chi connectivity index (χ1) is 12.9. The number of aromatic nitrogens is 2. The second kappa shape index (κ2) is 7.71. The summed E-state index contributed by atoms with van der Waals surface area (Å²) in [6.07, 6.45) is -3.29. The maximum atomic E-state index is 13.1. The summed E-state index contributed by atoms with van der Waals surface area (Å²) in [6.45, 7) is 0.347. The Morgan fingerprint density at radius 2 is 1.63 bits per heavy atom. The quantitative estimate of drug-likeness (QED) is 0.563. The number of rotatable bonds is 5. The molecule has 0 spiro atoms. The van der Waals surface area contributed by atoms with Crippen molar-refractivity contribution < 1.29 is 13.2 Å². The molecule has 0 aliphatic carbocycles. The molecule has 0 aliphatic rings. The van der Waals surface area contributed by atoms with Crippen molar-refractivity contribution in [1.82, 2.24) is 9.97 Å². The molecule has 5 nitrogen and oxygen atoms in total. The van der Waals surface area contributed by atoms with Crippen LogP contribution in [0.2, 0.25) is 5.02 Å². The van der Waals surface area contributed by atoms with E-state index < -0.39 is 11.7 Å². The van der Waals surface area contributed by atoms with Gasteiger partial charge in [-0.25, -0.2) is 9.97 Å². The standard InChI is InChI=1S/C18H15ClF3N5/c19-13-7-3-1-5-11(13)9-24-16-15(23)17(26-10-25-16)27-14-8-4-2-6-12(14)18(20,21)22/h1-8,10H,9,23H2,(H2,24,25,26,27).